The van der Waals surface area contributed by atoms with E-state index in [0.29, 0.717) is 41.5 Å². The number of nitrogens with zero attached hydrogens (tertiary/aromatic N) is 2. The monoisotopic (exact) mass is 587 g/mol. The predicted octanol–water partition coefficient (Wildman–Crippen LogP) is 6.66. The number of hydrogen-bond donors (Lipinski definition) is 1. The van der Waals surface area contributed by atoms with Gasteiger partial charge in [0.2, 0.25) is 11.8 Å². The van der Waals surface area contributed by atoms with Gasteiger partial charge in [-0.25, -0.2) is 0 Å². The molecular formula is C33H31Cl2N3O3. The first-order chi connectivity index (χ1) is 19.9. The molecule has 0 aliphatic carbocycles. The van der Waals surface area contributed by atoms with Crippen molar-refractivity contribution in [3.8, 4) is 0 Å². The minimum absolute atomic E-state index is 0.0545. The van der Waals surface area contributed by atoms with Crippen LogP contribution >= 0.6 is 23.2 Å². The molecule has 8 heteroatoms. The van der Waals surface area contributed by atoms with Crippen LogP contribution in [-0.4, -0.2) is 41.8 Å². The number of rotatable bonds is 11. The van der Waals surface area contributed by atoms with Crippen molar-refractivity contribution in [3.05, 3.63) is 112 Å². The Balaban J connectivity index is 1.37. The summed E-state index contributed by atoms with van der Waals surface area (Å²) in [5.41, 5.74) is 3.27. The Hall–Kier alpha value is -3.87. The predicted molar refractivity (Wildman–Crippen MR) is 164 cm³/mol. The molecule has 0 saturated carbocycles. The molecule has 1 atom stereocenters. The van der Waals surface area contributed by atoms with E-state index in [9.17, 15) is 14.4 Å². The third-order valence-electron chi connectivity index (χ3n) is 7.38. The van der Waals surface area contributed by atoms with Gasteiger partial charge in [-0.2, -0.15) is 0 Å². The summed E-state index contributed by atoms with van der Waals surface area (Å²) in [6.07, 6.45) is 0.976. The molecule has 0 spiro atoms. The number of carbonyl (C=O) groups excluding carboxylic acids is 3. The summed E-state index contributed by atoms with van der Waals surface area (Å²) in [7, 11) is 0. The molecule has 4 aromatic carbocycles. The number of halogens is 2. The molecule has 1 aliphatic rings. The lowest BCUT2D eigenvalue weighted by Gasteiger charge is -2.32. The van der Waals surface area contributed by atoms with Crippen molar-refractivity contribution in [2.24, 2.45) is 0 Å². The zero-order chi connectivity index (χ0) is 28.9. The zero-order valence-corrected chi connectivity index (χ0v) is 24.3. The van der Waals surface area contributed by atoms with Crippen molar-refractivity contribution in [1.82, 2.24) is 10.2 Å². The summed E-state index contributed by atoms with van der Waals surface area (Å²) in [6, 6.07) is 25.8. The largest absolute Gasteiger partial charge is 0.355 e. The standard InChI is InChI=1S/C33H31Cl2N3O3/c1-2-36-32(40)29(20-22-9-4-3-5-10-22)38(21-23-16-17-26(34)27(35)19-23)30(39)15-8-18-37-28-14-7-12-24-11-6-13-25(31(24)28)33(37)41/h3-7,9-14,16-17,19,29H,2,8,15,18,20-21H2,1H3,(H,36,40)/t29-/m1/s1. The van der Waals surface area contributed by atoms with E-state index in [-0.39, 0.29) is 30.7 Å². The van der Waals surface area contributed by atoms with Gasteiger partial charge in [-0.3, -0.25) is 14.4 Å². The molecule has 0 radical (unpaired) electrons. The number of nitrogens with one attached hydrogen (secondary N) is 1. The molecule has 1 aliphatic heterocycles. The Morgan fingerprint density at radius 2 is 1.66 bits per heavy atom. The lowest BCUT2D eigenvalue weighted by Crippen LogP contribution is -2.50. The lowest BCUT2D eigenvalue weighted by atomic mass is 10.0. The fourth-order valence-electron chi connectivity index (χ4n) is 5.41. The van der Waals surface area contributed by atoms with Crippen LogP contribution in [0.15, 0.2) is 84.9 Å². The molecule has 1 N–H and O–H groups in total. The van der Waals surface area contributed by atoms with Crippen molar-refractivity contribution in [2.45, 2.75) is 38.8 Å². The number of hydrogen-bond acceptors (Lipinski definition) is 3. The lowest BCUT2D eigenvalue weighted by molar-refractivity contribution is -0.141. The maximum Gasteiger partial charge on any atom is 0.258 e. The Morgan fingerprint density at radius 1 is 0.902 bits per heavy atom. The third kappa shape index (κ3) is 6.24. The SMILES string of the molecule is CCNC(=O)[C@@H](Cc1ccccc1)N(Cc1ccc(Cl)c(Cl)c1)C(=O)CCCN1C(=O)c2cccc3cccc1c23. The van der Waals surface area contributed by atoms with E-state index in [1.54, 1.807) is 21.9 Å². The van der Waals surface area contributed by atoms with E-state index in [4.69, 9.17) is 23.2 Å². The topological polar surface area (TPSA) is 69.7 Å². The Bertz CT molecular complexity index is 1590. The summed E-state index contributed by atoms with van der Waals surface area (Å²) in [4.78, 5) is 43.8. The summed E-state index contributed by atoms with van der Waals surface area (Å²) >= 11 is 12.4. The van der Waals surface area contributed by atoms with Gasteiger partial charge < -0.3 is 15.1 Å². The Morgan fingerprint density at radius 3 is 2.39 bits per heavy atom. The normalized spacial score (nSPS) is 13.0. The maximum atomic E-state index is 13.9. The second-order valence-corrected chi connectivity index (χ2v) is 10.9. The molecule has 0 aromatic heterocycles. The molecule has 4 aromatic rings. The second kappa shape index (κ2) is 12.8. The van der Waals surface area contributed by atoms with E-state index in [2.05, 4.69) is 5.32 Å². The fourth-order valence-corrected chi connectivity index (χ4v) is 5.73. The zero-order valence-electron chi connectivity index (χ0n) is 22.8. The minimum atomic E-state index is -0.731. The summed E-state index contributed by atoms with van der Waals surface area (Å²) < 4.78 is 0. The van der Waals surface area contributed by atoms with Crippen molar-refractivity contribution in [3.63, 3.8) is 0 Å². The highest BCUT2D eigenvalue weighted by atomic mass is 35.5. The molecule has 0 saturated heterocycles. The number of amides is 3. The fraction of sp³-hybridized carbons (Fsp3) is 0.242. The second-order valence-electron chi connectivity index (χ2n) is 10.1. The maximum absolute atomic E-state index is 13.9. The molecule has 210 valence electrons. The molecule has 0 fully saturated rings. The summed E-state index contributed by atoms with van der Waals surface area (Å²) in [5, 5.41) is 5.68. The molecule has 1 heterocycles. The van der Waals surface area contributed by atoms with E-state index in [0.717, 1.165) is 27.6 Å². The average molecular weight is 589 g/mol. The summed E-state index contributed by atoms with van der Waals surface area (Å²) in [6.45, 7) is 2.89. The molecule has 41 heavy (non-hydrogen) atoms. The van der Waals surface area contributed by atoms with Crippen LogP contribution < -0.4 is 10.2 Å². The van der Waals surface area contributed by atoms with Gasteiger partial charge in [0.25, 0.3) is 5.91 Å². The number of likely N-dealkylation sites (N-methyl/N-ethyl adjacent to an activating group) is 1. The smallest absolute Gasteiger partial charge is 0.258 e. The van der Waals surface area contributed by atoms with Gasteiger partial charge in [-0.1, -0.05) is 83.9 Å². The van der Waals surface area contributed by atoms with E-state index >= 15 is 0 Å². The van der Waals surface area contributed by atoms with Crippen molar-refractivity contribution < 1.29 is 14.4 Å². The van der Waals surface area contributed by atoms with Gasteiger partial charge in [0.1, 0.15) is 6.04 Å². The first kappa shape index (κ1) is 28.7. The van der Waals surface area contributed by atoms with Crippen LogP contribution in [0.25, 0.3) is 10.8 Å². The molecule has 0 unspecified atom stereocenters. The highest BCUT2D eigenvalue weighted by Gasteiger charge is 2.32. The van der Waals surface area contributed by atoms with Crippen LogP contribution in [0.1, 0.15) is 41.3 Å². The van der Waals surface area contributed by atoms with E-state index < -0.39 is 6.04 Å². The van der Waals surface area contributed by atoms with Gasteiger partial charge >= 0.3 is 0 Å². The average Bonchev–Trinajstić information content (AvgIpc) is 3.25. The van der Waals surface area contributed by atoms with Gasteiger partial charge in [-0.05, 0) is 54.1 Å². The quantitative estimate of drug-likeness (QED) is 0.213. The van der Waals surface area contributed by atoms with Crippen LogP contribution in [0.5, 0.6) is 0 Å². The van der Waals surface area contributed by atoms with Crippen LogP contribution in [0.2, 0.25) is 10.0 Å². The van der Waals surface area contributed by atoms with Crippen molar-refractivity contribution >= 4 is 57.4 Å². The van der Waals surface area contributed by atoms with Crippen molar-refractivity contribution in [2.75, 3.05) is 18.0 Å². The highest BCUT2D eigenvalue weighted by molar-refractivity contribution is 6.42. The van der Waals surface area contributed by atoms with Crippen molar-refractivity contribution in [1.29, 1.82) is 0 Å². The Labute approximate surface area is 249 Å². The minimum Gasteiger partial charge on any atom is -0.355 e. The van der Waals surface area contributed by atoms with Crippen LogP contribution in [0.4, 0.5) is 5.69 Å². The van der Waals surface area contributed by atoms with Gasteiger partial charge in [0.05, 0.1) is 15.7 Å². The Kier molecular flexibility index (Phi) is 8.91. The van der Waals surface area contributed by atoms with E-state index in [1.807, 2.05) is 79.7 Å². The summed E-state index contributed by atoms with van der Waals surface area (Å²) in [5.74, 6) is -0.451. The van der Waals surface area contributed by atoms with E-state index in [1.165, 1.54) is 0 Å². The molecule has 5 rings (SSSR count). The van der Waals surface area contributed by atoms with Crippen LogP contribution in [0.3, 0.4) is 0 Å². The van der Waals surface area contributed by atoms with Gasteiger partial charge in [-0.15, -0.1) is 0 Å². The number of carbonyl (C=O) groups is 3. The first-order valence-electron chi connectivity index (χ1n) is 13.8. The number of anilines is 1. The highest BCUT2D eigenvalue weighted by Crippen LogP contribution is 2.37. The van der Waals surface area contributed by atoms with Gasteiger partial charge in [0.15, 0.2) is 0 Å². The molecule has 3 amide bonds. The van der Waals surface area contributed by atoms with Gasteiger partial charge in [0, 0.05) is 43.4 Å². The third-order valence-corrected chi connectivity index (χ3v) is 8.12. The molecule has 0 bridgehead atoms. The first-order valence-corrected chi connectivity index (χ1v) is 14.5. The molecular weight excluding hydrogens is 557 g/mol. The van der Waals surface area contributed by atoms with Crippen LogP contribution in [0, 0.1) is 0 Å². The number of benzene rings is 4. The molecule has 6 nitrogen and oxygen atoms in total. The van der Waals surface area contributed by atoms with Crippen LogP contribution in [-0.2, 0) is 22.6 Å².